The standard InChI is InChI=1S/C23H21ClN2O4S/c1-15-9-10-16(2)22-19(15)12-17(23(27)25-22)13-26(14-18-6-5-11-30-18)31(28,29)21-8-4-3-7-20(21)24/h3-12H,13-14H2,1-2H3,(H,25,27). The van der Waals surface area contributed by atoms with E-state index in [4.69, 9.17) is 16.0 Å². The van der Waals surface area contributed by atoms with Crippen molar-refractivity contribution in [1.29, 1.82) is 0 Å². The quantitative estimate of drug-likeness (QED) is 0.452. The van der Waals surface area contributed by atoms with Gasteiger partial charge in [-0.2, -0.15) is 4.31 Å². The van der Waals surface area contributed by atoms with Crippen LogP contribution in [0.5, 0.6) is 0 Å². The lowest BCUT2D eigenvalue weighted by molar-refractivity contribution is 0.357. The normalized spacial score (nSPS) is 12.0. The SMILES string of the molecule is Cc1ccc(C)c2[nH]c(=O)c(CN(Cc3ccco3)S(=O)(=O)c3ccccc3Cl)cc12. The van der Waals surface area contributed by atoms with E-state index < -0.39 is 10.0 Å². The molecule has 0 atom stereocenters. The average Bonchev–Trinajstić information content (AvgIpc) is 3.24. The van der Waals surface area contributed by atoms with E-state index in [1.807, 2.05) is 26.0 Å². The monoisotopic (exact) mass is 456 g/mol. The third-order valence-electron chi connectivity index (χ3n) is 5.23. The van der Waals surface area contributed by atoms with Crippen LogP contribution in [0.15, 0.2) is 75.0 Å². The molecule has 8 heteroatoms. The van der Waals surface area contributed by atoms with Crippen molar-refractivity contribution in [1.82, 2.24) is 9.29 Å². The molecule has 4 aromatic rings. The van der Waals surface area contributed by atoms with Crippen molar-refractivity contribution < 1.29 is 12.8 Å². The lowest BCUT2D eigenvalue weighted by Gasteiger charge is -2.22. The zero-order chi connectivity index (χ0) is 22.2. The number of nitrogens with zero attached hydrogens (tertiary/aromatic N) is 1. The predicted molar refractivity (Wildman–Crippen MR) is 121 cm³/mol. The Balaban J connectivity index is 1.82. The first-order valence-electron chi connectivity index (χ1n) is 9.66. The highest BCUT2D eigenvalue weighted by Gasteiger charge is 2.28. The van der Waals surface area contributed by atoms with Crippen LogP contribution in [0.25, 0.3) is 10.9 Å². The Labute approximate surface area is 185 Å². The summed E-state index contributed by atoms with van der Waals surface area (Å²) in [5.74, 6) is 0.458. The van der Waals surface area contributed by atoms with Gasteiger partial charge in [0, 0.05) is 17.5 Å². The smallest absolute Gasteiger partial charge is 0.252 e. The second-order valence-electron chi connectivity index (χ2n) is 7.39. The van der Waals surface area contributed by atoms with E-state index in [-0.39, 0.29) is 28.6 Å². The summed E-state index contributed by atoms with van der Waals surface area (Å²) in [6, 6.07) is 15.3. The van der Waals surface area contributed by atoms with Gasteiger partial charge in [0.1, 0.15) is 10.7 Å². The highest BCUT2D eigenvalue weighted by molar-refractivity contribution is 7.89. The maximum Gasteiger partial charge on any atom is 0.252 e. The van der Waals surface area contributed by atoms with Crippen molar-refractivity contribution in [2.24, 2.45) is 0 Å². The number of nitrogens with one attached hydrogen (secondary N) is 1. The minimum absolute atomic E-state index is 0.0209. The number of pyridine rings is 1. The fraction of sp³-hybridized carbons (Fsp3) is 0.174. The van der Waals surface area contributed by atoms with Gasteiger partial charge >= 0.3 is 0 Å². The van der Waals surface area contributed by atoms with Gasteiger partial charge in [0.15, 0.2) is 0 Å². The summed E-state index contributed by atoms with van der Waals surface area (Å²) in [6.07, 6.45) is 1.48. The predicted octanol–water partition coefficient (Wildman–Crippen LogP) is 4.78. The van der Waals surface area contributed by atoms with E-state index >= 15 is 0 Å². The van der Waals surface area contributed by atoms with Crippen LogP contribution in [0.3, 0.4) is 0 Å². The molecule has 2 aromatic carbocycles. The van der Waals surface area contributed by atoms with E-state index in [0.29, 0.717) is 11.3 Å². The zero-order valence-electron chi connectivity index (χ0n) is 17.1. The summed E-state index contributed by atoms with van der Waals surface area (Å²) in [7, 11) is -4.01. The highest BCUT2D eigenvalue weighted by Crippen LogP contribution is 2.27. The molecule has 0 saturated heterocycles. The minimum atomic E-state index is -4.01. The van der Waals surface area contributed by atoms with Crippen molar-refractivity contribution in [3.63, 3.8) is 0 Å². The molecule has 0 spiro atoms. The van der Waals surface area contributed by atoms with Crippen LogP contribution in [-0.4, -0.2) is 17.7 Å². The number of benzene rings is 2. The van der Waals surface area contributed by atoms with Gasteiger partial charge in [0.25, 0.3) is 5.56 Å². The number of sulfonamides is 1. The minimum Gasteiger partial charge on any atom is -0.468 e. The molecule has 1 N–H and O–H groups in total. The first-order chi connectivity index (χ1) is 14.8. The first-order valence-corrected chi connectivity index (χ1v) is 11.5. The topological polar surface area (TPSA) is 83.4 Å². The van der Waals surface area contributed by atoms with Crippen molar-refractivity contribution in [2.75, 3.05) is 0 Å². The van der Waals surface area contributed by atoms with Crippen LogP contribution in [0.4, 0.5) is 0 Å². The second-order valence-corrected chi connectivity index (χ2v) is 9.71. The number of furan rings is 1. The average molecular weight is 457 g/mol. The molecule has 0 aliphatic heterocycles. The molecule has 0 saturated carbocycles. The molecule has 0 radical (unpaired) electrons. The summed E-state index contributed by atoms with van der Waals surface area (Å²) < 4.78 is 33.5. The van der Waals surface area contributed by atoms with Gasteiger partial charge in [0.05, 0.1) is 23.3 Å². The highest BCUT2D eigenvalue weighted by atomic mass is 35.5. The Morgan fingerprint density at radius 3 is 2.45 bits per heavy atom. The second kappa shape index (κ2) is 8.34. The van der Waals surface area contributed by atoms with E-state index in [9.17, 15) is 13.2 Å². The Kier molecular flexibility index (Phi) is 5.75. The molecule has 160 valence electrons. The van der Waals surface area contributed by atoms with Crippen LogP contribution in [-0.2, 0) is 23.1 Å². The van der Waals surface area contributed by atoms with E-state index in [0.717, 1.165) is 22.0 Å². The molecule has 0 unspecified atom stereocenters. The van der Waals surface area contributed by atoms with Crippen LogP contribution >= 0.6 is 11.6 Å². The molecule has 0 aliphatic carbocycles. The summed E-state index contributed by atoms with van der Waals surface area (Å²) in [5, 5.41) is 0.994. The van der Waals surface area contributed by atoms with Gasteiger partial charge in [-0.15, -0.1) is 0 Å². The fourth-order valence-corrected chi connectivity index (χ4v) is 5.40. The lowest BCUT2D eigenvalue weighted by Crippen LogP contribution is -2.32. The van der Waals surface area contributed by atoms with E-state index in [1.165, 1.54) is 22.7 Å². The van der Waals surface area contributed by atoms with Crippen LogP contribution in [0.1, 0.15) is 22.5 Å². The molecular weight excluding hydrogens is 436 g/mol. The van der Waals surface area contributed by atoms with Crippen molar-refractivity contribution in [2.45, 2.75) is 31.8 Å². The molecule has 2 heterocycles. The van der Waals surface area contributed by atoms with Crippen LogP contribution < -0.4 is 5.56 Å². The molecule has 0 amide bonds. The van der Waals surface area contributed by atoms with Gasteiger partial charge in [-0.05, 0) is 55.3 Å². The maximum atomic E-state index is 13.5. The van der Waals surface area contributed by atoms with Gasteiger partial charge in [-0.1, -0.05) is 35.9 Å². The number of aromatic nitrogens is 1. The van der Waals surface area contributed by atoms with Gasteiger partial charge in [-0.3, -0.25) is 4.79 Å². The molecular formula is C23H21ClN2O4S. The van der Waals surface area contributed by atoms with E-state index in [2.05, 4.69) is 4.98 Å². The third kappa shape index (κ3) is 4.17. The summed E-state index contributed by atoms with van der Waals surface area (Å²) >= 11 is 6.19. The Morgan fingerprint density at radius 1 is 1.00 bits per heavy atom. The number of fused-ring (bicyclic) bond motifs is 1. The zero-order valence-corrected chi connectivity index (χ0v) is 18.6. The molecule has 6 nitrogen and oxygen atoms in total. The number of H-pyrrole nitrogens is 1. The lowest BCUT2D eigenvalue weighted by atomic mass is 10.0. The molecule has 4 rings (SSSR count). The number of aryl methyl sites for hydroxylation is 2. The van der Waals surface area contributed by atoms with E-state index in [1.54, 1.807) is 30.3 Å². The Hall–Kier alpha value is -2.87. The van der Waals surface area contributed by atoms with Gasteiger partial charge < -0.3 is 9.40 Å². The number of halogens is 1. The number of hydrogen-bond acceptors (Lipinski definition) is 4. The maximum absolute atomic E-state index is 13.5. The number of rotatable bonds is 6. The van der Waals surface area contributed by atoms with Gasteiger partial charge in [-0.25, -0.2) is 8.42 Å². The molecule has 31 heavy (non-hydrogen) atoms. The van der Waals surface area contributed by atoms with Crippen molar-refractivity contribution in [3.8, 4) is 0 Å². The number of aromatic amines is 1. The van der Waals surface area contributed by atoms with Crippen molar-refractivity contribution >= 4 is 32.5 Å². The Morgan fingerprint density at radius 2 is 1.74 bits per heavy atom. The van der Waals surface area contributed by atoms with Crippen LogP contribution in [0, 0.1) is 13.8 Å². The first kappa shape index (κ1) is 21.4. The summed E-state index contributed by atoms with van der Waals surface area (Å²) in [6.45, 7) is 3.70. The molecule has 2 aromatic heterocycles. The summed E-state index contributed by atoms with van der Waals surface area (Å²) in [4.78, 5) is 15.7. The largest absolute Gasteiger partial charge is 0.468 e. The van der Waals surface area contributed by atoms with Crippen LogP contribution in [0.2, 0.25) is 5.02 Å². The molecule has 0 fully saturated rings. The third-order valence-corrected chi connectivity index (χ3v) is 7.53. The fourth-order valence-electron chi connectivity index (χ4n) is 3.52. The Bertz CT molecular complexity index is 1410. The summed E-state index contributed by atoms with van der Waals surface area (Å²) in [5.41, 5.74) is 2.69. The van der Waals surface area contributed by atoms with Crippen molar-refractivity contribution in [3.05, 3.63) is 98.7 Å². The van der Waals surface area contributed by atoms with Gasteiger partial charge in [0.2, 0.25) is 10.0 Å². The molecule has 0 bridgehead atoms. The molecule has 0 aliphatic rings. The number of hydrogen-bond donors (Lipinski definition) is 1.